The lowest BCUT2D eigenvalue weighted by molar-refractivity contribution is -0.0167. The first-order chi connectivity index (χ1) is 12.9. The third-order valence-electron chi connectivity index (χ3n) is 6.35. The van der Waals surface area contributed by atoms with Crippen molar-refractivity contribution < 1.29 is 13.2 Å². The van der Waals surface area contributed by atoms with E-state index in [4.69, 9.17) is 5.26 Å². The zero-order valence-corrected chi connectivity index (χ0v) is 16.1. The van der Waals surface area contributed by atoms with Gasteiger partial charge < -0.3 is 5.32 Å². The molecule has 0 atom stereocenters. The molecule has 4 bridgehead atoms. The van der Waals surface area contributed by atoms with Gasteiger partial charge in [-0.05, 0) is 74.5 Å². The van der Waals surface area contributed by atoms with Crippen molar-refractivity contribution in [2.75, 3.05) is 6.54 Å². The van der Waals surface area contributed by atoms with Crippen molar-refractivity contribution >= 4 is 15.9 Å². The maximum absolute atomic E-state index is 12.9. The van der Waals surface area contributed by atoms with Gasteiger partial charge in [0.1, 0.15) is 0 Å². The third kappa shape index (κ3) is 3.74. The van der Waals surface area contributed by atoms with E-state index < -0.39 is 10.0 Å². The zero-order valence-electron chi connectivity index (χ0n) is 15.3. The van der Waals surface area contributed by atoms with Crippen molar-refractivity contribution in [1.82, 2.24) is 10.0 Å². The fourth-order valence-corrected chi connectivity index (χ4v) is 6.78. The summed E-state index contributed by atoms with van der Waals surface area (Å²) < 4.78 is 27.1. The topological polar surface area (TPSA) is 99.1 Å². The largest absolute Gasteiger partial charge is 0.347 e. The fraction of sp³-hybridized carbons (Fsp3) is 0.600. The first-order valence-corrected chi connectivity index (χ1v) is 11.2. The number of nitrogens with one attached hydrogen (secondary N) is 2. The van der Waals surface area contributed by atoms with Gasteiger partial charge in [0, 0.05) is 24.1 Å². The molecule has 0 unspecified atom stereocenters. The second-order valence-corrected chi connectivity index (χ2v) is 10.3. The van der Waals surface area contributed by atoms with Gasteiger partial charge in [0.15, 0.2) is 0 Å². The third-order valence-corrected chi connectivity index (χ3v) is 7.81. The predicted molar refractivity (Wildman–Crippen MR) is 100 cm³/mol. The number of benzene rings is 1. The molecule has 0 radical (unpaired) electrons. The fourth-order valence-electron chi connectivity index (χ4n) is 5.71. The Kier molecular flexibility index (Phi) is 4.73. The van der Waals surface area contributed by atoms with Crippen molar-refractivity contribution in [3.63, 3.8) is 0 Å². The molecule has 0 aliphatic heterocycles. The molecule has 0 heterocycles. The summed E-state index contributed by atoms with van der Waals surface area (Å²) in [6.45, 7) is 0.0581. The lowest BCUT2D eigenvalue weighted by Gasteiger charge is -2.56. The minimum Gasteiger partial charge on any atom is -0.347 e. The van der Waals surface area contributed by atoms with Crippen LogP contribution in [0.15, 0.2) is 29.2 Å². The Balaban J connectivity index is 1.49. The van der Waals surface area contributed by atoms with Gasteiger partial charge >= 0.3 is 0 Å². The number of amides is 1. The summed E-state index contributed by atoms with van der Waals surface area (Å²) in [5.74, 6) is 2.00. The number of rotatable bonds is 6. The average Bonchev–Trinajstić information content (AvgIpc) is 2.60. The van der Waals surface area contributed by atoms with Gasteiger partial charge in [0.05, 0.1) is 11.0 Å². The molecule has 7 heteroatoms. The molecule has 5 rings (SSSR count). The summed E-state index contributed by atoms with van der Waals surface area (Å²) in [7, 11) is -3.72. The molecule has 0 saturated heterocycles. The van der Waals surface area contributed by atoms with E-state index in [1.807, 2.05) is 6.07 Å². The summed E-state index contributed by atoms with van der Waals surface area (Å²) in [6, 6.07) is 8.04. The quantitative estimate of drug-likeness (QED) is 0.733. The predicted octanol–water partition coefficient (Wildman–Crippen LogP) is 2.58. The normalized spacial score (nSPS) is 31.4. The SMILES string of the molecule is N#CCCNS(=O)(=O)c1cccc(C(=O)NC23CC4CC(CC(C4)C2)C3)c1. The Bertz CT molecular complexity index is 853. The van der Waals surface area contributed by atoms with E-state index in [0.29, 0.717) is 5.56 Å². The van der Waals surface area contributed by atoms with Crippen LogP contribution < -0.4 is 10.0 Å². The zero-order chi connectivity index (χ0) is 19.1. The highest BCUT2D eigenvalue weighted by atomic mass is 32.2. The Labute approximate surface area is 160 Å². The number of hydrogen-bond acceptors (Lipinski definition) is 4. The van der Waals surface area contributed by atoms with Crippen LogP contribution >= 0.6 is 0 Å². The molecule has 0 spiro atoms. The number of nitrogens with zero attached hydrogens (tertiary/aromatic N) is 1. The second-order valence-electron chi connectivity index (χ2n) is 8.49. The second kappa shape index (κ2) is 6.92. The van der Waals surface area contributed by atoms with Crippen LogP contribution in [0.4, 0.5) is 0 Å². The highest BCUT2D eigenvalue weighted by molar-refractivity contribution is 7.89. The van der Waals surface area contributed by atoms with E-state index >= 15 is 0 Å². The lowest BCUT2D eigenvalue weighted by atomic mass is 9.53. The lowest BCUT2D eigenvalue weighted by Crippen LogP contribution is -2.59. The van der Waals surface area contributed by atoms with E-state index in [0.717, 1.165) is 37.0 Å². The van der Waals surface area contributed by atoms with Crippen molar-refractivity contribution in [2.45, 2.75) is 55.4 Å². The van der Waals surface area contributed by atoms with Crippen LogP contribution in [-0.2, 0) is 10.0 Å². The summed E-state index contributed by atoms with van der Waals surface area (Å²) in [4.78, 5) is 13.0. The Morgan fingerprint density at radius 3 is 2.37 bits per heavy atom. The summed E-state index contributed by atoms with van der Waals surface area (Å²) in [5, 5.41) is 11.8. The van der Waals surface area contributed by atoms with Gasteiger partial charge in [-0.15, -0.1) is 0 Å². The summed E-state index contributed by atoms with van der Waals surface area (Å²) >= 11 is 0. The first-order valence-electron chi connectivity index (χ1n) is 9.68. The molecule has 4 aliphatic rings. The summed E-state index contributed by atoms with van der Waals surface area (Å²) in [6.07, 6.45) is 7.17. The molecular weight excluding hydrogens is 362 g/mol. The van der Waals surface area contributed by atoms with Gasteiger partial charge in [0.2, 0.25) is 10.0 Å². The van der Waals surface area contributed by atoms with Crippen LogP contribution in [0.2, 0.25) is 0 Å². The van der Waals surface area contributed by atoms with Gasteiger partial charge in [-0.25, -0.2) is 13.1 Å². The molecular formula is C20H25N3O3S. The highest BCUT2D eigenvalue weighted by Gasteiger charge is 2.51. The van der Waals surface area contributed by atoms with Crippen LogP contribution in [0.1, 0.15) is 55.3 Å². The highest BCUT2D eigenvalue weighted by Crippen LogP contribution is 2.55. The smallest absolute Gasteiger partial charge is 0.251 e. The van der Waals surface area contributed by atoms with Gasteiger partial charge in [-0.3, -0.25) is 4.79 Å². The van der Waals surface area contributed by atoms with Crippen molar-refractivity contribution in [3.8, 4) is 6.07 Å². The standard InChI is InChI=1S/C20H25N3O3S/c21-5-2-6-22-27(25,26)18-4-1-3-17(10-18)19(24)23-20-11-14-7-15(12-20)9-16(8-14)13-20/h1,3-4,10,14-16,22H,2,6-9,11-13H2,(H,23,24). The van der Waals surface area contributed by atoms with E-state index in [2.05, 4.69) is 10.0 Å². The number of carbonyl (C=O) groups is 1. The monoisotopic (exact) mass is 387 g/mol. The van der Waals surface area contributed by atoms with Gasteiger partial charge in [-0.1, -0.05) is 6.07 Å². The number of hydrogen-bond donors (Lipinski definition) is 2. The maximum Gasteiger partial charge on any atom is 0.251 e. The summed E-state index contributed by atoms with van der Waals surface area (Å²) in [5.41, 5.74) is 0.264. The Hall–Kier alpha value is -1.91. The van der Waals surface area contributed by atoms with Gasteiger partial charge in [-0.2, -0.15) is 5.26 Å². The molecule has 2 N–H and O–H groups in total. The molecule has 1 aromatic carbocycles. The van der Waals surface area contributed by atoms with E-state index in [-0.39, 0.29) is 29.3 Å². The molecule has 144 valence electrons. The molecule has 27 heavy (non-hydrogen) atoms. The molecule has 0 aromatic heterocycles. The van der Waals surface area contributed by atoms with E-state index in [1.165, 1.54) is 31.4 Å². The van der Waals surface area contributed by atoms with E-state index in [9.17, 15) is 13.2 Å². The molecule has 4 fully saturated rings. The number of sulfonamides is 1. The van der Waals surface area contributed by atoms with Crippen LogP contribution in [0.3, 0.4) is 0 Å². The molecule has 6 nitrogen and oxygen atoms in total. The minimum atomic E-state index is -3.72. The van der Waals surface area contributed by atoms with Gasteiger partial charge in [0.25, 0.3) is 5.91 Å². The molecule has 1 aromatic rings. The van der Waals surface area contributed by atoms with Crippen molar-refractivity contribution in [3.05, 3.63) is 29.8 Å². The first kappa shape index (κ1) is 18.5. The maximum atomic E-state index is 12.9. The van der Waals surface area contributed by atoms with Crippen LogP contribution in [0, 0.1) is 29.1 Å². The molecule has 1 amide bonds. The number of carbonyl (C=O) groups excluding carboxylic acids is 1. The Morgan fingerprint density at radius 1 is 1.15 bits per heavy atom. The van der Waals surface area contributed by atoms with Crippen LogP contribution in [-0.4, -0.2) is 26.4 Å². The molecule has 4 saturated carbocycles. The molecule has 4 aliphatic carbocycles. The van der Waals surface area contributed by atoms with Crippen LogP contribution in [0.25, 0.3) is 0 Å². The van der Waals surface area contributed by atoms with Crippen LogP contribution in [0.5, 0.6) is 0 Å². The minimum absolute atomic E-state index is 0.0543. The Morgan fingerprint density at radius 2 is 1.78 bits per heavy atom. The number of nitriles is 1. The van der Waals surface area contributed by atoms with Crippen molar-refractivity contribution in [1.29, 1.82) is 5.26 Å². The van der Waals surface area contributed by atoms with Crippen molar-refractivity contribution in [2.24, 2.45) is 17.8 Å². The average molecular weight is 388 g/mol. The van der Waals surface area contributed by atoms with E-state index in [1.54, 1.807) is 12.1 Å².